The molecule has 0 saturated carbocycles. The summed E-state index contributed by atoms with van der Waals surface area (Å²) in [7, 11) is 0. The molecule has 88 valence electrons. The van der Waals surface area contributed by atoms with Gasteiger partial charge in [0.25, 0.3) is 0 Å². The predicted molar refractivity (Wildman–Crippen MR) is 71.1 cm³/mol. The Morgan fingerprint density at radius 2 is 1.82 bits per heavy atom. The Balaban J connectivity index is 2.36. The molecule has 0 fully saturated rings. The van der Waals surface area contributed by atoms with Crippen LogP contribution in [0.25, 0.3) is 0 Å². The number of hydrogen-bond acceptors (Lipinski definition) is 4. The molecule has 2 rings (SSSR count). The lowest BCUT2D eigenvalue weighted by Crippen LogP contribution is -2.03. The van der Waals surface area contributed by atoms with Crippen LogP contribution in [0.2, 0.25) is 0 Å². The maximum absolute atomic E-state index is 5.91. The first kappa shape index (κ1) is 11.9. The summed E-state index contributed by atoms with van der Waals surface area (Å²) in [6.07, 6.45) is 1.52. The fourth-order valence-electron chi connectivity index (χ4n) is 1.62. The van der Waals surface area contributed by atoms with Gasteiger partial charge in [0.15, 0.2) is 0 Å². The molecule has 1 heterocycles. The largest absolute Gasteiger partial charge is 0.383 e. The Morgan fingerprint density at radius 1 is 1.12 bits per heavy atom. The van der Waals surface area contributed by atoms with Crippen molar-refractivity contribution < 1.29 is 0 Å². The Labute approximate surface area is 105 Å². The fraction of sp³-hybridized carbons (Fsp3) is 0.231. The van der Waals surface area contributed by atoms with E-state index >= 15 is 0 Å². The van der Waals surface area contributed by atoms with Gasteiger partial charge < -0.3 is 5.73 Å². The van der Waals surface area contributed by atoms with Gasteiger partial charge >= 0.3 is 0 Å². The van der Waals surface area contributed by atoms with Gasteiger partial charge in [-0.05, 0) is 18.1 Å². The van der Waals surface area contributed by atoms with Gasteiger partial charge in [-0.15, -0.1) is 0 Å². The standard InChI is InChI=1S/C13H15N3S/c1-9(2)11-12(14)15-8-16-13(11)17-10-6-4-3-5-7-10/h3-9H,1-2H3,(H2,14,15,16). The number of benzene rings is 1. The summed E-state index contributed by atoms with van der Waals surface area (Å²) in [5, 5.41) is 0.943. The molecule has 4 heteroatoms. The molecular formula is C13H15N3S. The van der Waals surface area contributed by atoms with Crippen LogP contribution in [0, 0.1) is 0 Å². The highest BCUT2D eigenvalue weighted by Crippen LogP contribution is 2.34. The first-order valence-corrected chi connectivity index (χ1v) is 6.33. The monoisotopic (exact) mass is 245 g/mol. The summed E-state index contributed by atoms with van der Waals surface area (Å²) >= 11 is 1.63. The Hall–Kier alpha value is -1.55. The Kier molecular flexibility index (Phi) is 3.64. The molecule has 0 aliphatic heterocycles. The van der Waals surface area contributed by atoms with Crippen molar-refractivity contribution in [1.29, 1.82) is 0 Å². The number of hydrogen-bond donors (Lipinski definition) is 1. The van der Waals surface area contributed by atoms with Crippen molar-refractivity contribution in [1.82, 2.24) is 9.97 Å². The minimum absolute atomic E-state index is 0.322. The van der Waals surface area contributed by atoms with Crippen LogP contribution in [0.4, 0.5) is 5.82 Å². The third-order valence-corrected chi connectivity index (χ3v) is 3.44. The predicted octanol–water partition coefficient (Wildman–Crippen LogP) is 3.33. The van der Waals surface area contributed by atoms with Crippen LogP contribution < -0.4 is 5.73 Å². The number of aromatic nitrogens is 2. The molecule has 0 unspecified atom stereocenters. The van der Waals surface area contributed by atoms with Crippen molar-refractivity contribution in [2.45, 2.75) is 29.7 Å². The first-order chi connectivity index (χ1) is 8.18. The van der Waals surface area contributed by atoms with Gasteiger partial charge in [-0.2, -0.15) is 0 Å². The van der Waals surface area contributed by atoms with Gasteiger partial charge in [0.1, 0.15) is 17.2 Å². The second-order valence-electron chi connectivity index (χ2n) is 4.05. The van der Waals surface area contributed by atoms with E-state index in [9.17, 15) is 0 Å². The lowest BCUT2D eigenvalue weighted by atomic mass is 10.1. The van der Waals surface area contributed by atoms with Crippen LogP contribution in [0.1, 0.15) is 25.3 Å². The Bertz CT molecular complexity index is 497. The van der Waals surface area contributed by atoms with Crippen molar-refractivity contribution in [3.8, 4) is 0 Å². The normalized spacial score (nSPS) is 10.8. The molecule has 2 N–H and O–H groups in total. The molecule has 0 aliphatic carbocycles. The van der Waals surface area contributed by atoms with E-state index in [4.69, 9.17) is 5.73 Å². The Morgan fingerprint density at radius 3 is 2.47 bits per heavy atom. The number of rotatable bonds is 3. The van der Waals surface area contributed by atoms with Gasteiger partial charge in [0.2, 0.25) is 0 Å². The highest BCUT2D eigenvalue weighted by Gasteiger charge is 2.13. The zero-order valence-electron chi connectivity index (χ0n) is 9.92. The van der Waals surface area contributed by atoms with Crippen molar-refractivity contribution in [3.63, 3.8) is 0 Å². The first-order valence-electron chi connectivity index (χ1n) is 5.51. The van der Waals surface area contributed by atoms with Crippen molar-refractivity contribution in [3.05, 3.63) is 42.2 Å². The van der Waals surface area contributed by atoms with E-state index in [2.05, 4.69) is 35.9 Å². The summed E-state index contributed by atoms with van der Waals surface area (Å²) in [5.41, 5.74) is 6.94. The average Bonchev–Trinajstić information content (AvgIpc) is 2.30. The van der Waals surface area contributed by atoms with Crippen LogP contribution >= 0.6 is 11.8 Å². The molecule has 0 radical (unpaired) electrons. The summed E-state index contributed by atoms with van der Waals surface area (Å²) in [6, 6.07) is 10.2. The third kappa shape index (κ3) is 2.77. The van der Waals surface area contributed by atoms with Gasteiger partial charge in [-0.1, -0.05) is 43.8 Å². The molecule has 0 aliphatic rings. The van der Waals surface area contributed by atoms with Crippen molar-refractivity contribution in [2.75, 3.05) is 5.73 Å². The van der Waals surface area contributed by atoms with Crippen molar-refractivity contribution in [2.24, 2.45) is 0 Å². The van der Waals surface area contributed by atoms with Gasteiger partial charge in [0.05, 0.1) is 0 Å². The van der Waals surface area contributed by atoms with Crippen LogP contribution in [0.15, 0.2) is 46.6 Å². The number of nitrogens with zero attached hydrogens (tertiary/aromatic N) is 2. The third-order valence-electron chi connectivity index (χ3n) is 2.41. The lowest BCUT2D eigenvalue weighted by Gasteiger charge is -2.12. The summed E-state index contributed by atoms with van der Waals surface area (Å²) in [5.74, 6) is 0.899. The molecule has 1 aromatic carbocycles. The summed E-state index contributed by atoms with van der Waals surface area (Å²) in [4.78, 5) is 9.54. The van der Waals surface area contributed by atoms with E-state index in [1.54, 1.807) is 11.8 Å². The van der Waals surface area contributed by atoms with E-state index < -0.39 is 0 Å². The number of nitrogens with two attached hydrogens (primary N) is 1. The molecule has 0 atom stereocenters. The van der Waals surface area contributed by atoms with Gasteiger partial charge in [-0.25, -0.2) is 9.97 Å². The molecule has 0 saturated heterocycles. The van der Waals surface area contributed by atoms with Crippen LogP contribution in [-0.2, 0) is 0 Å². The number of anilines is 1. The highest BCUT2D eigenvalue weighted by molar-refractivity contribution is 7.99. The van der Waals surface area contributed by atoms with E-state index in [0.29, 0.717) is 11.7 Å². The maximum Gasteiger partial charge on any atom is 0.131 e. The van der Waals surface area contributed by atoms with Crippen molar-refractivity contribution >= 4 is 17.6 Å². The second-order valence-corrected chi connectivity index (χ2v) is 5.11. The number of nitrogen functional groups attached to an aromatic ring is 1. The van der Waals surface area contributed by atoms with Gasteiger partial charge in [0, 0.05) is 10.5 Å². The topological polar surface area (TPSA) is 51.8 Å². The maximum atomic E-state index is 5.91. The summed E-state index contributed by atoms with van der Waals surface area (Å²) < 4.78 is 0. The zero-order valence-corrected chi connectivity index (χ0v) is 10.7. The van der Waals surface area contributed by atoms with E-state index in [0.717, 1.165) is 15.5 Å². The average molecular weight is 245 g/mol. The summed E-state index contributed by atoms with van der Waals surface area (Å²) in [6.45, 7) is 4.20. The molecule has 1 aromatic heterocycles. The smallest absolute Gasteiger partial charge is 0.131 e. The quantitative estimate of drug-likeness (QED) is 0.843. The molecule has 17 heavy (non-hydrogen) atoms. The van der Waals surface area contributed by atoms with E-state index in [1.807, 2.05) is 18.2 Å². The van der Waals surface area contributed by atoms with E-state index in [-0.39, 0.29) is 0 Å². The van der Waals surface area contributed by atoms with Gasteiger partial charge in [-0.3, -0.25) is 0 Å². The lowest BCUT2D eigenvalue weighted by molar-refractivity contribution is 0.808. The van der Waals surface area contributed by atoms with Crippen LogP contribution in [-0.4, -0.2) is 9.97 Å². The second kappa shape index (κ2) is 5.19. The minimum Gasteiger partial charge on any atom is -0.383 e. The van der Waals surface area contributed by atoms with Crippen LogP contribution in [0.5, 0.6) is 0 Å². The molecule has 0 amide bonds. The molecule has 0 spiro atoms. The SMILES string of the molecule is CC(C)c1c(N)ncnc1Sc1ccccc1. The van der Waals surface area contributed by atoms with E-state index in [1.165, 1.54) is 6.33 Å². The highest BCUT2D eigenvalue weighted by atomic mass is 32.2. The molecular weight excluding hydrogens is 230 g/mol. The fourth-order valence-corrected chi connectivity index (χ4v) is 2.68. The molecule has 2 aromatic rings. The minimum atomic E-state index is 0.322. The van der Waals surface area contributed by atoms with Crippen LogP contribution in [0.3, 0.4) is 0 Å². The molecule has 3 nitrogen and oxygen atoms in total. The molecule has 0 bridgehead atoms. The zero-order chi connectivity index (χ0) is 12.3.